The number of benzene rings is 1. The molecule has 26 heavy (non-hydrogen) atoms. The Morgan fingerprint density at radius 3 is 2.85 bits per heavy atom. The van der Waals surface area contributed by atoms with Crippen molar-refractivity contribution in [1.29, 1.82) is 0 Å². The molecule has 0 spiro atoms. The molecule has 1 N–H and O–H groups in total. The highest BCUT2D eigenvalue weighted by Crippen LogP contribution is 2.41. The number of carbonyl (C=O) groups is 1. The van der Waals surface area contributed by atoms with E-state index in [1.807, 2.05) is 32.0 Å². The summed E-state index contributed by atoms with van der Waals surface area (Å²) in [7, 11) is 0. The summed E-state index contributed by atoms with van der Waals surface area (Å²) in [5.74, 6) is 1.25. The summed E-state index contributed by atoms with van der Waals surface area (Å²) in [4.78, 5) is 12.8. The highest BCUT2D eigenvalue weighted by molar-refractivity contribution is 5.75. The summed E-state index contributed by atoms with van der Waals surface area (Å²) >= 11 is 0. The summed E-state index contributed by atoms with van der Waals surface area (Å²) in [5.41, 5.74) is 1.10. The predicted octanol–water partition coefficient (Wildman–Crippen LogP) is 3.64. The molecule has 0 saturated carbocycles. The van der Waals surface area contributed by atoms with Crippen molar-refractivity contribution in [3.63, 3.8) is 0 Å². The van der Waals surface area contributed by atoms with Gasteiger partial charge in [0.25, 0.3) is 0 Å². The van der Waals surface area contributed by atoms with Crippen molar-refractivity contribution in [3.8, 4) is 11.5 Å². The van der Waals surface area contributed by atoms with Crippen molar-refractivity contribution < 1.29 is 19.0 Å². The minimum Gasteiger partial charge on any atom is -0.466 e. The number of fused-ring (bicyclic) bond motifs is 1. The molecule has 0 radical (unpaired) electrons. The van der Waals surface area contributed by atoms with Gasteiger partial charge in [0.2, 0.25) is 6.79 Å². The summed E-state index contributed by atoms with van der Waals surface area (Å²) in [5, 5.41) is 3.57. The van der Waals surface area contributed by atoms with Crippen LogP contribution in [0, 0.1) is 11.3 Å². The molecule has 1 fully saturated rings. The molecule has 3 atom stereocenters. The van der Waals surface area contributed by atoms with E-state index in [1.54, 1.807) is 0 Å². The summed E-state index contributed by atoms with van der Waals surface area (Å²) in [6.45, 7) is 9.68. The molecule has 0 unspecified atom stereocenters. The van der Waals surface area contributed by atoms with E-state index in [-0.39, 0.29) is 36.1 Å². The first-order chi connectivity index (χ1) is 12.4. The van der Waals surface area contributed by atoms with Gasteiger partial charge in [0.05, 0.1) is 12.5 Å². The number of carbonyl (C=O) groups excluding carboxylic acids is 1. The van der Waals surface area contributed by atoms with E-state index >= 15 is 0 Å². The summed E-state index contributed by atoms with van der Waals surface area (Å²) in [6.07, 6.45) is 5.15. The number of allylic oxidation sites excluding steroid dienone is 2. The van der Waals surface area contributed by atoms with E-state index in [9.17, 15) is 4.79 Å². The molecule has 1 aromatic rings. The van der Waals surface area contributed by atoms with Crippen molar-refractivity contribution in [1.82, 2.24) is 5.32 Å². The zero-order valence-electron chi connectivity index (χ0n) is 16.1. The van der Waals surface area contributed by atoms with Crippen LogP contribution in [0.3, 0.4) is 0 Å². The lowest BCUT2D eigenvalue weighted by Gasteiger charge is -2.29. The monoisotopic (exact) mass is 359 g/mol. The van der Waals surface area contributed by atoms with Crippen LogP contribution < -0.4 is 14.8 Å². The zero-order chi connectivity index (χ0) is 18.7. The van der Waals surface area contributed by atoms with E-state index in [0.717, 1.165) is 30.0 Å². The summed E-state index contributed by atoms with van der Waals surface area (Å²) in [6, 6.07) is 6.04. The second-order valence-corrected chi connectivity index (χ2v) is 7.70. The van der Waals surface area contributed by atoms with Crippen LogP contribution in [0.1, 0.15) is 45.6 Å². The van der Waals surface area contributed by atoms with Gasteiger partial charge in [-0.05, 0) is 43.4 Å². The average Bonchev–Trinajstić information content (AvgIpc) is 3.20. The molecule has 5 nitrogen and oxygen atoms in total. The molecule has 2 aliphatic heterocycles. The first-order valence-corrected chi connectivity index (χ1v) is 9.38. The Balaban J connectivity index is 1.86. The van der Waals surface area contributed by atoms with Crippen LogP contribution in [0.2, 0.25) is 0 Å². The first kappa shape index (κ1) is 18.8. The second kappa shape index (κ2) is 7.70. The largest absolute Gasteiger partial charge is 0.466 e. The third-order valence-electron chi connectivity index (χ3n) is 5.21. The van der Waals surface area contributed by atoms with Crippen LogP contribution >= 0.6 is 0 Å². The maximum Gasteiger partial charge on any atom is 0.311 e. The Morgan fingerprint density at radius 1 is 1.35 bits per heavy atom. The molecular formula is C21H29NO4. The van der Waals surface area contributed by atoms with Gasteiger partial charge in [0, 0.05) is 18.5 Å². The Bertz CT molecular complexity index is 683. The van der Waals surface area contributed by atoms with E-state index in [0.29, 0.717) is 6.61 Å². The zero-order valence-corrected chi connectivity index (χ0v) is 16.1. The molecule has 3 rings (SSSR count). The van der Waals surface area contributed by atoms with Crippen LogP contribution in [-0.2, 0) is 9.53 Å². The smallest absolute Gasteiger partial charge is 0.311 e. The Labute approximate surface area is 155 Å². The number of ether oxygens (including phenoxy) is 3. The van der Waals surface area contributed by atoms with E-state index in [1.165, 1.54) is 0 Å². The molecule has 0 amide bonds. The number of hydrogen-bond donors (Lipinski definition) is 1. The van der Waals surface area contributed by atoms with Crippen molar-refractivity contribution in [3.05, 3.63) is 35.9 Å². The van der Waals surface area contributed by atoms with Crippen LogP contribution in [0.4, 0.5) is 0 Å². The SMILES string of the molecule is CC=CC(C)(C)C[C@@H]1NC[C@H](c2ccc3c(c2)OCO3)[C@H]1C(=O)OCC. The fourth-order valence-electron chi connectivity index (χ4n) is 4.13. The van der Waals surface area contributed by atoms with E-state index in [2.05, 4.69) is 31.3 Å². The average molecular weight is 359 g/mol. The minimum atomic E-state index is -0.208. The van der Waals surface area contributed by atoms with Crippen molar-refractivity contribution in [2.75, 3.05) is 19.9 Å². The molecule has 2 heterocycles. The maximum absolute atomic E-state index is 12.8. The van der Waals surface area contributed by atoms with E-state index < -0.39 is 0 Å². The summed E-state index contributed by atoms with van der Waals surface area (Å²) < 4.78 is 16.3. The lowest BCUT2D eigenvalue weighted by atomic mass is 9.78. The normalized spacial score (nSPS) is 25.0. The molecule has 0 aromatic heterocycles. The second-order valence-electron chi connectivity index (χ2n) is 7.70. The third-order valence-corrected chi connectivity index (χ3v) is 5.21. The maximum atomic E-state index is 12.8. The van der Waals surface area contributed by atoms with Gasteiger partial charge < -0.3 is 19.5 Å². The predicted molar refractivity (Wildman–Crippen MR) is 100 cm³/mol. The van der Waals surface area contributed by atoms with Gasteiger partial charge in [0.15, 0.2) is 11.5 Å². The Kier molecular flexibility index (Phi) is 5.56. The molecular weight excluding hydrogens is 330 g/mol. The molecule has 0 aliphatic carbocycles. The Morgan fingerprint density at radius 2 is 2.12 bits per heavy atom. The number of hydrogen-bond acceptors (Lipinski definition) is 5. The topological polar surface area (TPSA) is 56.8 Å². The number of rotatable bonds is 6. The van der Waals surface area contributed by atoms with Crippen LogP contribution in [-0.4, -0.2) is 32.0 Å². The molecule has 142 valence electrons. The fraction of sp³-hybridized carbons (Fsp3) is 0.571. The lowest BCUT2D eigenvalue weighted by molar-refractivity contribution is -0.149. The molecule has 2 aliphatic rings. The van der Waals surface area contributed by atoms with Gasteiger partial charge in [-0.3, -0.25) is 4.79 Å². The highest BCUT2D eigenvalue weighted by Gasteiger charge is 2.44. The lowest BCUT2D eigenvalue weighted by Crippen LogP contribution is -2.37. The molecule has 5 heteroatoms. The van der Waals surface area contributed by atoms with Gasteiger partial charge in [0.1, 0.15) is 0 Å². The number of nitrogens with one attached hydrogen (secondary N) is 1. The van der Waals surface area contributed by atoms with E-state index in [4.69, 9.17) is 14.2 Å². The fourth-order valence-corrected chi connectivity index (χ4v) is 4.13. The number of esters is 1. The highest BCUT2D eigenvalue weighted by atomic mass is 16.7. The van der Waals surface area contributed by atoms with Crippen molar-refractivity contribution >= 4 is 5.97 Å². The molecule has 1 aromatic carbocycles. The quantitative estimate of drug-likeness (QED) is 0.621. The Hall–Kier alpha value is -2.01. The van der Waals surface area contributed by atoms with Crippen molar-refractivity contribution in [2.45, 2.75) is 46.1 Å². The molecule has 1 saturated heterocycles. The third kappa shape index (κ3) is 3.88. The van der Waals surface area contributed by atoms with Gasteiger partial charge in [-0.15, -0.1) is 0 Å². The molecule has 0 bridgehead atoms. The standard InChI is InChI=1S/C21H29NO4/c1-5-9-21(3,4)11-16-19(20(23)24-6-2)15(12-22-16)14-7-8-17-18(10-14)26-13-25-17/h5,7-10,15-16,19,22H,6,11-13H2,1-4H3/t15-,16+,19-/m1/s1. The minimum absolute atomic E-state index is 0.0148. The van der Waals surface area contributed by atoms with Crippen molar-refractivity contribution in [2.24, 2.45) is 11.3 Å². The van der Waals surface area contributed by atoms with Crippen LogP contribution in [0.5, 0.6) is 11.5 Å². The first-order valence-electron chi connectivity index (χ1n) is 9.38. The van der Waals surface area contributed by atoms with Gasteiger partial charge in [-0.1, -0.05) is 32.1 Å². The van der Waals surface area contributed by atoms with Crippen LogP contribution in [0.25, 0.3) is 0 Å². The van der Waals surface area contributed by atoms with Gasteiger partial charge >= 0.3 is 5.97 Å². The van der Waals surface area contributed by atoms with Crippen LogP contribution in [0.15, 0.2) is 30.4 Å². The van der Waals surface area contributed by atoms with Gasteiger partial charge in [-0.25, -0.2) is 0 Å². The van der Waals surface area contributed by atoms with Gasteiger partial charge in [-0.2, -0.15) is 0 Å².